The van der Waals surface area contributed by atoms with Crippen LogP contribution in [0.15, 0.2) is 24.3 Å². The summed E-state index contributed by atoms with van der Waals surface area (Å²) in [6.07, 6.45) is 5.17. The van der Waals surface area contributed by atoms with Gasteiger partial charge in [-0.3, -0.25) is 4.90 Å². The minimum atomic E-state index is -0.119. The zero-order valence-electron chi connectivity index (χ0n) is 12.3. The molecule has 1 N–H and O–H groups in total. The van der Waals surface area contributed by atoms with Gasteiger partial charge in [0.25, 0.3) is 0 Å². The Morgan fingerprint density at radius 3 is 2.65 bits per heavy atom. The minimum Gasteiger partial charge on any atom is -0.317 e. The molecule has 1 aromatic rings. The number of halogens is 1. The number of nitrogens with one attached hydrogen (secondary N) is 1. The van der Waals surface area contributed by atoms with Crippen LogP contribution in [0, 0.1) is 11.7 Å². The Balaban J connectivity index is 1.69. The molecule has 1 unspecified atom stereocenters. The van der Waals surface area contributed by atoms with Crippen molar-refractivity contribution in [3.8, 4) is 0 Å². The summed E-state index contributed by atoms with van der Waals surface area (Å²) < 4.78 is 13.4. The summed E-state index contributed by atoms with van der Waals surface area (Å²) in [6.45, 7) is 5.70. The number of benzene rings is 1. The molecule has 0 amide bonds. The van der Waals surface area contributed by atoms with E-state index in [9.17, 15) is 4.39 Å². The van der Waals surface area contributed by atoms with E-state index < -0.39 is 0 Å². The molecule has 20 heavy (non-hydrogen) atoms. The van der Waals surface area contributed by atoms with Crippen LogP contribution in [0.4, 0.5) is 4.39 Å². The zero-order chi connectivity index (χ0) is 13.9. The molecule has 3 heteroatoms. The first-order chi connectivity index (χ1) is 9.74. The van der Waals surface area contributed by atoms with Gasteiger partial charge < -0.3 is 5.32 Å². The third-order valence-electron chi connectivity index (χ3n) is 4.77. The fourth-order valence-corrected chi connectivity index (χ4v) is 3.35. The Labute approximate surface area is 121 Å². The summed E-state index contributed by atoms with van der Waals surface area (Å²) in [6, 6.07) is 8.17. The molecular weight excluding hydrogens is 251 g/mol. The molecule has 1 saturated carbocycles. The van der Waals surface area contributed by atoms with Crippen molar-refractivity contribution in [3.63, 3.8) is 0 Å². The average Bonchev–Trinajstić information content (AvgIpc) is 3.30. The molecule has 0 bridgehead atoms. The van der Waals surface area contributed by atoms with E-state index in [0.717, 1.165) is 30.6 Å². The van der Waals surface area contributed by atoms with E-state index in [2.05, 4.69) is 23.2 Å². The zero-order valence-corrected chi connectivity index (χ0v) is 12.3. The third kappa shape index (κ3) is 3.39. The lowest BCUT2D eigenvalue weighted by molar-refractivity contribution is 0.152. The molecule has 1 heterocycles. The van der Waals surface area contributed by atoms with Gasteiger partial charge in [-0.25, -0.2) is 4.39 Å². The van der Waals surface area contributed by atoms with Crippen molar-refractivity contribution in [1.29, 1.82) is 0 Å². The van der Waals surface area contributed by atoms with Gasteiger partial charge in [-0.1, -0.05) is 12.1 Å². The first kappa shape index (κ1) is 14.0. The summed E-state index contributed by atoms with van der Waals surface area (Å²) in [5, 5.41) is 3.43. The molecular formula is C17H25FN2. The van der Waals surface area contributed by atoms with Crippen molar-refractivity contribution >= 4 is 0 Å². The second-order valence-electron chi connectivity index (χ2n) is 6.35. The van der Waals surface area contributed by atoms with Crippen molar-refractivity contribution in [2.24, 2.45) is 5.92 Å². The van der Waals surface area contributed by atoms with Crippen molar-refractivity contribution in [1.82, 2.24) is 10.2 Å². The fourth-order valence-electron chi connectivity index (χ4n) is 3.35. The van der Waals surface area contributed by atoms with Gasteiger partial charge in [0.2, 0.25) is 0 Å². The van der Waals surface area contributed by atoms with Gasteiger partial charge in [-0.2, -0.15) is 0 Å². The number of hydrogen-bond acceptors (Lipinski definition) is 2. The SMILES string of the molecule is CC(c1cccc(F)c1)N(CC1CCNCC1)C1CC1. The predicted molar refractivity (Wildman–Crippen MR) is 80.1 cm³/mol. The van der Waals surface area contributed by atoms with Crippen LogP contribution >= 0.6 is 0 Å². The topological polar surface area (TPSA) is 15.3 Å². The van der Waals surface area contributed by atoms with Crippen LogP contribution in [0.3, 0.4) is 0 Å². The fraction of sp³-hybridized carbons (Fsp3) is 0.647. The molecule has 1 saturated heterocycles. The third-order valence-corrected chi connectivity index (χ3v) is 4.77. The number of piperidine rings is 1. The highest BCUT2D eigenvalue weighted by atomic mass is 19.1. The molecule has 2 nitrogen and oxygen atoms in total. The maximum atomic E-state index is 13.4. The Morgan fingerprint density at radius 1 is 1.25 bits per heavy atom. The Kier molecular flexibility index (Phi) is 4.37. The van der Waals surface area contributed by atoms with Gasteiger partial charge in [0, 0.05) is 18.6 Å². The quantitative estimate of drug-likeness (QED) is 0.887. The van der Waals surface area contributed by atoms with Crippen LogP contribution < -0.4 is 5.32 Å². The second kappa shape index (κ2) is 6.23. The van der Waals surface area contributed by atoms with Crippen molar-refractivity contribution in [2.45, 2.75) is 44.7 Å². The van der Waals surface area contributed by atoms with E-state index in [0.29, 0.717) is 6.04 Å². The molecule has 1 aliphatic carbocycles. The Morgan fingerprint density at radius 2 is 2.00 bits per heavy atom. The van der Waals surface area contributed by atoms with Gasteiger partial charge in [0.05, 0.1) is 0 Å². The first-order valence-electron chi connectivity index (χ1n) is 7.96. The summed E-state index contributed by atoms with van der Waals surface area (Å²) in [5.74, 6) is 0.680. The smallest absolute Gasteiger partial charge is 0.123 e. The summed E-state index contributed by atoms with van der Waals surface area (Å²) in [5.41, 5.74) is 1.12. The molecule has 2 fully saturated rings. The van der Waals surface area contributed by atoms with Crippen LogP contribution in [0.2, 0.25) is 0 Å². The van der Waals surface area contributed by atoms with Gasteiger partial charge in [-0.15, -0.1) is 0 Å². The lowest BCUT2D eigenvalue weighted by Gasteiger charge is -2.34. The largest absolute Gasteiger partial charge is 0.317 e. The molecule has 1 aromatic carbocycles. The summed E-state index contributed by atoms with van der Waals surface area (Å²) in [4.78, 5) is 2.62. The molecule has 0 spiro atoms. The van der Waals surface area contributed by atoms with Crippen LogP contribution in [-0.4, -0.2) is 30.6 Å². The predicted octanol–water partition coefficient (Wildman–Crippen LogP) is 3.35. The molecule has 2 aliphatic rings. The first-order valence-corrected chi connectivity index (χ1v) is 7.96. The lowest BCUT2D eigenvalue weighted by Crippen LogP contribution is -2.38. The maximum absolute atomic E-state index is 13.4. The highest BCUT2D eigenvalue weighted by Crippen LogP contribution is 2.35. The summed E-state index contributed by atoms with van der Waals surface area (Å²) in [7, 11) is 0. The van der Waals surface area contributed by atoms with E-state index in [1.165, 1.54) is 38.3 Å². The molecule has 3 rings (SSSR count). The standard InChI is InChI=1S/C17H25FN2/c1-13(15-3-2-4-16(18)11-15)20(17-5-6-17)12-14-7-9-19-10-8-14/h2-4,11,13-14,17,19H,5-10,12H2,1H3. The summed E-state index contributed by atoms with van der Waals surface area (Å²) >= 11 is 0. The van der Waals surface area contributed by atoms with Crippen molar-refractivity contribution < 1.29 is 4.39 Å². The molecule has 0 radical (unpaired) electrons. The highest BCUT2D eigenvalue weighted by Gasteiger charge is 2.34. The molecule has 0 aromatic heterocycles. The van der Waals surface area contributed by atoms with Crippen LogP contribution in [0.1, 0.15) is 44.2 Å². The van der Waals surface area contributed by atoms with Crippen LogP contribution in [0.25, 0.3) is 0 Å². The van der Waals surface area contributed by atoms with Gasteiger partial charge in [-0.05, 0) is 69.3 Å². The van der Waals surface area contributed by atoms with Crippen LogP contribution in [-0.2, 0) is 0 Å². The van der Waals surface area contributed by atoms with Crippen molar-refractivity contribution in [3.05, 3.63) is 35.6 Å². The van der Waals surface area contributed by atoms with Crippen LogP contribution in [0.5, 0.6) is 0 Å². The number of rotatable bonds is 5. The van der Waals surface area contributed by atoms with E-state index in [-0.39, 0.29) is 5.82 Å². The van der Waals surface area contributed by atoms with E-state index >= 15 is 0 Å². The number of nitrogens with zero attached hydrogens (tertiary/aromatic N) is 1. The molecule has 1 atom stereocenters. The molecule has 1 aliphatic heterocycles. The van der Waals surface area contributed by atoms with Gasteiger partial charge in [0.15, 0.2) is 0 Å². The average molecular weight is 276 g/mol. The Bertz CT molecular complexity index is 438. The highest BCUT2D eigenvalue weighted by molar-refractivity contribution is 5.20. The minimum absolute atomic E-state index is 0.119. The van der Waals surface area contributed by atoms with Gasteiger partial charge in [0.1, 0.15) is 5.82 Å². The van der Waals surface area contributed by atoms with E-state index in [4.69, 9.17) is 0 Å². The second-order valence-corrected chi connectivity index (χ2v) is 6.35. The number of hydrogen-bond donors (Lipinski definition) is 1. The van der Waals surface area contributed by atoms with Crippen molar-refractivity contribution in [2.75, 3.05) is 19.6 Å². The molecule has 110 valence electrons. The Hall–Kier alpha value is -0.930. The monoisotopic (exact) mass is 276 g/mol. The normalized spacial score (nSPS) is 22.1. The lowest BCUT2D eigenvalue weighted by atomic mass is 9.96. The van der Waals surface area contributed by atoms with E-state index in [1.807, 2.05) is 6.07 Å². The maximum Gasteiger partial charge on any atom is 0.123 e. The van der Waals surface area contributed by atoms with Gasteiger partial charge >= 0.3 is 0 Å². The van der Waals surface area contributed by atoms with E-state index in [1.54, 1.807) is 6.07 Å².